The summed E-state index contributed by atoms with van der Waals surface area (Å²) in [5.74, 6) is 6.58. The minimum absolute atomic E-state index is 0.117. The smallest absolute Gasteiger partial charge is 0.206 e. The van der Waals surface area contributed by atoms with Crippen molar-refractivity contribution in [1.29, 1.82) is 0 Å². The molecule has 2 atom stereocenters. The molecule has 2 unspecified atom stereocenters. The van der Waals surface area contributed by atoms with Crippen LogP contribution in [0.15, 0.2) is 4.99 Å². The summed E-state index contributed by atoms with van der Waals surface area (Å²) in [5, 5.41) is 3.09. The molecule has 0 aromatic heterocycles. The van der Waals surface area contributed by atoms with Crippen LogP contribution < -0.4 is 16.6 Å². The highest BCUT2D eigenvalue weighted by molar-refractivity contribution is 7.84. The van der Waals surface area contributed by atoms with Gasteiger partial charge in [0.05, 0.1) is 6.04 Å². The highest BCUT2D eigenvalue weighted by Gasteiger charge is 2.04. The van der Waals surface area contributed by atoms with Gasteiger partial charge in [-0.25, -0.2) is 10.8 Å². The molecule has 0 aromatic carbocycles. The normalized spacial score (nSPS) is 16.3. The predicted octanol–water partition coefficient (Wildman–Crippen LogP) is -0.0392. The lowest BCUT2D eigenvalue weighted by Gasteiger charge is -2.14. The van der Waals surface area contributed by atoms with Gasteiger partial charge in [-0.3, -0.25) is 9.63 Å². The number of nitrogens with one attached hydrogen (secondary N) is 2. The van der Waals surface area contributed by atoms with Gasteiger partial charge in [-0.15, -0.1) is 0 Å². The summed E-state index contributed by atoms with van der Waals surface area (Å²) in [6, 6.07) is 0.401. The average Bonchev–Trinajstić information content (AvgIpc) is 2.13. The van der Waals surface area contributed by atoms with Gasteiger partial charge in [-0.2, -0.15) is 0 Å². The fraction of sp³-hybridized carbons (Fsp3) is 0.889. The Labute approximate surface area is 94.3 Å². The number of hydrogen-bond acceptors (Lipinski definition) is 3. The zero-order valence-corrected chi connectivity index (χ0v) is 10.7. The molecule has 15 heavy (non-hydrogen) atoms. The highest BCUT2D eigenvalue weighted by atomic mass is 32.2. The molecular weight excluding hydrogens is 212 g/mol. The molecule has 0 fully saturated rings. The van der Waals surface area contributed by atoms with Gasteiger partial charge in [-0.05, 0) is 27.2 Å². The fourth-order valence-corrected chi connectivity index (χ4v) is 1.68. The molecule has 0 aromatic rings. The molecule has 0 spiro atoms. The molecule has 0 saturated carbocycles. The maximum absolute atomic E-state index is 10.9. The van der Waals surface area contributed by atoms with Crippen LogP contribution in [-0.2, 0) is 10.8 Å². The van der Waals surface area contributed by atoms with E-state index in [0.717, 1.165) is 6.42 Å². The zero-order chi connectivity index (χ0) is 11.8. The van der Waals surface area contributed by atoms with E-state index in [0.29, 0.717) is 11.7 Å². The SMILES string of the molecule is CC(CCS(C)=O)N=C(NN)NC(C)C. The molecule has 0 saturated heterocycles. The van der Waals surface area contributed by atoms with E-state index >= 15 is 0 Å². The number of rotatable bonds is 5. The standard InChI is InChI=1S/C9H22N4OS/c1-7(2)11-9(13-10)12-8(3)5-6-15(4)14/h7-8H,5-6,10H2,1-4H3,(H2,11,12,13). The summed E-state index contributed by atoms with van der Waals surface area (Å²) in [7, 11) is -0.755. The summed E-state index contributed by atoms with van der Waals surface area (Å²) in [5.41, 5.74) is 2.51. The first-order valence-corrected chi connectivity index (χ1v) is 6.79. The van der Waals surface area contributed by atoms with Crippen LogP contribution in [0.2, 0.25) is 0 Å². The van der Waals surface area contributed by atoms with Gasteiger partial charge in [0.1, 0.15) is 0 Å². The van der Waals surface area contributed by atoms with Crippen molar-refractivity contribution in [3.8, 4) is 0 Å². The highest BCUT2D eigenvalue weighted by Crippen LogP contribution is 1.97. The molecule has 4 N–H and O–H groups in total. The Kier molecular flexibility index (Phi) is 7.33. The average molecular weight is 234 g/mol. The van der Waals surface area contributed by atoms with Crippen molar-refractivity contribution < 1.29 is 4.21 Å². The molecular formula is C9H22N4OS. The molecule has 6 heteroatoms. The number of hydrazine groups is 1. The molecule has 0 amide bonds. The quantitative estimate of drug-likeness (QED) is 0.270. The summed E-state index contributed by atoms with van der Waals surface area (Å²) in [4.78, 5) is 4.34. The maximum atomic E-state index is 10.9. The molecule has 90 valence electrons. The van der Waals surface area contributed by atoms with Crippen LogP contribution in [0, 0.1) is 0 Å². The molecule has 5 nitrogen and oxygen atoms in total. The van der Waals surface area contributed by atoms with Crippen molar-refractivity contribution in [2.24, 2.45) is 10.8 Å². The van der Waals surface area contributed by atoms with E-state index in [-0.39, 0.29) is 12.1 Å². The Morgan fingerprint density at radius 3 is 2.47 bits per heavy atom. The number of nitrogens with two attached hydrogens (primary N) is 1. The van der Waals surface area contributed by atoms with Gasteiger partial charge in [0.15, 0.2) is 0 Å². The topological polar surface area (TPSA) is 79.5 Å². The Morgan fingerprint density at radius 2 is 2.07 bits per heavy atom. The van der Waals surface area contributed by atoms with Crippen molar-refractivity contribution in [3.05, 3.63) is 0 Å². The van der Waals surface area contributed by atoms with Gasteiger partial charge in [0.2, 0.25) is 5.96 Å². The summed E-state index contributed by atoms with van der Waals surface area (Å²) in [6.07, 6.45) is 2.50. The fourth-order valence-electron chi connectivity index (χ4n) is 1.01. The van der Waals surface area contributed by atoms with E-state index in [1.165, 1.54) is 0 Å². The third kappa shape index (κ3) is 8.38. The lowest BCUT2D eigenvalue weighted by molar-refractivity contribution is 0.656. The van der Waals surface area contributed by atoms with Crippen LogP contribution in [-0.4, -0.2) is 34.3 Å². The van der Waals surface area contributed by atoms with Crippen molar-refractivity contribution in [2.75, 3.05) is 12.0 Å². The van der Waals surface area contributed by atoms with Crippen molar-refractivity contribution >= 4 is 16.8 Å². The predicted molar refractivity (Wildman–Crippen MR) is 66.0 cm³/mol. The minimum atomic E-state index is -0.755. The molecule has 0 heterocycles. The molecule has 0 rings (SSSR count). The summed E-state index contributed by atoms with van der Waals surface area (Å²) < 4.78 is 10.9. The second-order valence-corrected chi connectivity index (χ2v) is 5.39. The summed E-state index contributed by atoms with van der Waals surface area (Å²) >= 11 is 0. The van der Waals surface area contributed by atoms with Gasteiger partial charge in [0.25, 0.3) is 0 Å². The molecule has 0 aliphatic rings. The van der Waals surface area contributed by atoms with Crippen LogP contribution in [0.25, 0.3) is 0 Å². The van der Waals surface area contributed by atoms with Gasteiger partial charge in [0, 0.05) is 28.9 Å². The lowest BCUT2D eigenvalue weighted by Crippen LogP contribution is -2.45. The van der Waals surface area contributed by atoms with E-state index in [9.17, 15) is 4.21 Å². The second-order valence-electron chi connectivity index (χ2n) is 3.84. The Balaban J connectivity index is 4.10. The van der Waals surface area contributed by atoms with Crippen LogP contribution in [0.4, 0.5) is 0 Å². The van der Waals surface area contributed by atoms with Crippen molar-refractivity contribution in [3.63, 3.8) is 0 Å². The van der Waals surface area contributed by atoms with Gasteiger partial charge >= 0.3 is 0 Å². The first kappa shape index (κ1) is 14.4. The molecule has 0 aliphatic heterocycles. The van der Waals surface area contributed by atoms with E-state index in [4.69, 9.17) is 5.84 Å². The van der Waals surface area contributed by atoms with E-state index in [2.05, 4.69) is 15.7 Å². The van der Waals surface area contributed by atoms with E-state index < -0.39 is 10.8 Å². The summed E-state index contributed by atoms with van der Waals surface area (Å²) in [6.45, 7) is 6.00. The number of guanidine groups is 1. The largest absolute Gasteiger partial charge is 0.353 e. The van der Waals surface area contributed by atoms with Crippen molar-refractivity contribution in [1.82, 2.24) is 10.7 Å². The number of aliphatic imine (C=N–C) groups is 1. The first-order valence-electron chi connectivity index (χ1n) is 5.06. The first-order chi connectivity index (χ1) is 6.95. The molecule has 0 bridgehead atoms. The van der Waals surface area contributed by atoms with E-state index in [1.54, 1.807) is 6.26 Å². The Bertz CT molecular complexity index is 230. The molecule has 0 aliphatic carbocycles. The number of nitrogens with zero attached hydrogens (tertiary/aromatic N) is 1. The zero-order valence-electron chi connectivity index (χ0n) is 9.91. The Hall–Kier alpha value is -0.620. The lowest BCUT2D eigenvalue weighted by atomic mass is 10.3. The van der Waals surface area contributed by atoms with Gasteiger partial charge in [-0.1, -0.05) is 0 Å². The minimum Gasteiger partial charge on any atom is -0.353 e. The third-order valence-corrected chi connectivity index (χ3v) is 2.55. The van der Waals surface area contributed by atoms with Crippen LogP contribution in [0.3, 0.4) is 0 Å². The Morgan fingerprint density at radius 1 is 1.47 bits per heavy atom. The van der Waals surface area contributed by atoms with E-state index in [1.807, 2.05) is 20.8 Å². The third-order valence-electron chi connectivity index (χ3n) is 1.73. The molecule has 0 radical (unpaired) electrons. The number of hydrogen-bond donors (Lipinski definition) is 3. The second kappa shape index (κ2) is 7.64. The van der Waals surface area contributed by atoms with Crippen LogP contribution in [0.1, 0.15) is 27.2 Å². The maximum Gasteiger partial charge on any atom is 0.206 e. The van der Waals surface area contributed by atoms with Gasteiger partial charge < -0.3 is 5.32 Å². The van der Waals surface area contributed by atoms with Crippen molar-refractivity contribution in [2.45, 2.75) is 39.3 Å². The van der Waals surface area contributed by atoms with Crippen LogP contribution in [0.5, 0.6) is 0 Å². The monoisotopic (exact) mass is 234 g/mol. The van der Waals surface area contributed by atoms with Crippen LogP contribution >= 0.6 is 0 Å².